The molecular formula is C8H15N3S. The maximum atomic E-state index is 5.43. The van der Waals surface area contributed by atoms with E-state index < -0.39 is 0 Å². The second-order valence-electron chi connectivity index (χ2n) is 3.01. The number of hydrogen-bond acceptors (Lipinski definition) is 4. The molecule has 68 valence electrons. The lowest BCUT2D eigenvalue weighted by Gasteiger charge is -2.02. The van der Waals surface area contributed by atoms with E-state index in [1.165, 1.54) is 6.42 Å². The molecule has 0 saturated heterocycles. The number of aromatic nitrogens is 2. The van der Waals surface area contributed by atoms with Crippen LogP contribution in [-0.4, -0.2) is 10.2 Å². The molecule has 0 spiro atoms. The third-order valence-electron chi connectivity index (χ3n) is 1.90. The molecule has 0 bridgehead atoms. The van der Waals surface area contributed by atoms with Crippen LogP contribution >= 0.6 is 11.3 Å². The van der Waals surface area contributed by atoms with E-state index in [1.54, 1.807) is 11.3 Å². The van der Waals surface area contributed by atoms with Gasteiger partial charge in [-0.1, -0.05) is 20.3 Å². The van der Waals surface area contributed by atoms with Crippen molar-refractivity contribution >= 4 is 11.3 Å². The zero-order chi connectivity index (χ0) is 8.97. The van der Waals surface area contributed by atoms with E-state index in [-0.39, 0.29) is 0 Å². The van der Waals surface area contributed by atoms with Gasteiger partial charge in [-0.2, -0.15) is 0 Å². The topological polar surface area (TPSA) is 51.8 Å². The van der Waals surface area contributed by atoms with E-state index >= 15 is 0 Å². The molecule has 0 fully saturated rings. The van der Waals surface area contributed by atoms with Gasteiger partial charge in [0.15, 0.2) is 0 Å². The highest BCUT2D eigenvalue weighted by Gasteiger charge is 2.06. The van der Waals surface area contributed by atoms with Crippen molar-refractivity contribution in [2.24, 2.45) is 11.7 Å². The third-order valence-corrected chi connectivity index (χ3v) is 2.87. The van der Waals surface area contributed by atoms with Gasteiger partial charge in [-0.05, 0) is 5.92 Å². The molecule has 3 nitrogen and oxygen atoms in total. The molecule has 0 amide bonds. The largest absolute Gasteiger partial charge is 0.324 e. The summed E-state index contributed by atoms with van der Waals surface area (Å²) in [7, 11) is 0. The third kappa shape index (κ3) is 2.53. The Morgan fingerprint density at radius 1 is 1.42 bits per heavy atom. The molecule has 0 radical (unpaired) electrons. The first-order valence-electron chi connectivity index (χ1n) is 4.27. The molecule has 1 aromatic rings. The highest BCUT2D eigenvalue weighted by atomic mass is 32.1. The molecule has 1 heterocycles. The van der Waals surface area contributed by atoms with Crippen molar-refractivity contribution < 1.29 is 0 Å². The minimum Gasteiger partial charge on any atom is -0.324 e. The average Bonchev–Trinajstić information content (AvgIpc) is 2.52. The van der Waals surface area contributed by atoms with Crippen LogP contribution in [0.2, 0.25) is 0 Å². The smallest absolute Gasteiger partial charge is 0.131 e. The standard InChI is InChI=1S/C8H15N3S/c1-3-6(2)4-7-10-11-8(5-9)12-7/h6H,3-5,9H2,1-2H3. The molecule has 0 aliphatic carbocycles. The van der Waals surface area contributed by atoms with Gasteiger partial charge >= 0.3 is 0 Å². The molecule has 0 saturated carbocycles. The van der Waals surface area contributed by atoms with E-state index in [0.717, 1.165) is 16.4 Å². The lowest BCUT2D eigenvalue weighted by atomic mass is 10.1. The van der Waals surface area contributed by atoms with Crippen LogP contribution in [0.1, 0.15) is 30.3 Å². The van der Waals surface area contributed by atoms with Gasteiger partial charge in [0.05, 0.1) is 0 Å². The summed E-state index contributed by atoms with van der Waals surface area (Å²) in [5.41, 5.74) is 5.43. The molecule has 4 heteroatoms. The quantitative estimate of drug-likeness (QED) is 0.775. The lowest BCUT2D eigenvalue weighted by molar-refractivity contribution is 0.556. The van der Waals surface area contributed by atoms with Crippen molar-refractivity contribution in [1.29, 1.82) is 0 Å². The Kier molecular flexibility index (Phi) is 3.62. The van der Waals surface area contributed by atoms with Crippen LogP contribution in [0, 0.1) is 5.92 Å². The van der Waals surface area contributed by atoms with Gasteiger partial charge in [0.2, 0.25) is 0 Å². The SMILES string of the molecule is CCC(C)Cc1nnc(CN)s1. The number of nitrogens with two attached hydrogens (primary N) is 1. The van der Waals surface area contributed by atoms with Gasteiger partial charge in [-0.25, -0.2) is 0 Å². The Morgan fingerprint density at radius 2 is 2.08 bits per heavy atom. The van der Waals surface area contributed by atoms with Crippen LogP contribution in [0.15, 0.2) is 0 Å². The van der Waals surface area contributed by atoms with Crippen LogP contribution in [-0.2, 0) is 13.0 Å². The van der Waals surface area contributed by atoms with Crippen LogP contribution in [0.3, 0.4) is 0 Å². The fourth-order valence-electron chi connectivity index (χ4n) is 0.896. The summed E-state index contributed by atoms with van der Waals surface area (Å²) in [4.78, 5) is 0. The van der Waals surface area contributed by atoms with Crippen LogP contribution in [0.25, 0.3) is 0 Å². The van der Waals surface area contributed by atoms with E-state index in [0.29, 0.717) is 12.5 Å². The summed E-state index contributed by atoms with van der Waals surface area (Å²) in [5, 5.41) is 10.1. The summed E-state index contributed by atoms with van der Waals surface area (Å²) in [6, 6.07) is 0. The first-order chi connectivity index (χ1) is 5.76. The Hall–Kier alpha value is -0.480. The van der Waals surface area contributed by atoms with Crippen molar-refractivity contribution in [1.82, 2.24) is 10.2 Å². The maximum absolute atomic E-state index is 5.43. The molecule has 0 aromatic carbocycles. The first-order valence-corrected chi connectivity index (χ1v) is 5.09. The molecule has 2 N–H and O–H groups in total. The Bertz CT molecular complexity index is 234. The van der Waals surface area contributed by atoms with Crippen LogP contribution in [0.5, 0.6) is 0 Å². The fraction of sp³-hybridized carbons (Fsp3) is 0.750. The Labute approximate surface area is 77.0 Å². The average molecular weight is 185 g/mol. The van der Waals surface area contributed by atoms with Crippen LogP contribution < -0.4 is 5.73 Å². The van der Waals surface area contributed by atoms with Crippen molar-refractivity contribution in [3.63, 3.8) is 0 Å². The molecule has 12 heavy (non-hydrogen) atoms. The predicted molar refractivity (Wildman–Crippen MR) is 51.0 cm³/mol. The van der Waals surface area contributed by atoms with Gasteiger partial charge in [-0.15, -0.1) is 21.5 Å². The van der Waals surface area contributed by atoms with E-state index in [9.17, 15) is 0 Å². The first kappa shape index (κ1) is 9.61. The molecule has 1 rings (SSSR count). The van der Waals surface area contributed by atoms with Crippen molar-refractivity contribution in [2.45, 2.75) is 33.2 Å². The summed E-state index contributed by atoms with van der Waals surface area (Å²) in [5.74, 6) is 0.698. The van der Waals surface area contributed by atoms with Gasteiger partial charge < -0.3 is 5.73 Å². The van der Waals surface area contributed by atoms with E-state index in [4.69, 9.17) is 5.73 Å². The minimum absolute atomic E-state index is 0.512. The zero-order valence-corrected chi connectivity index (χ0v) is 8.40. The molecule has 0 aliphatic rings. The van der Waals surface area contributed by atoms with Gasteiger partial charge in [0, 0.05) is 13.0 Å². The van der Waals surface area contributed by atoms with E-state index in [2.05, 4.69) is 24.0 Å². The van der Waals surface area contributed by atoms with Gasteiger partial charge in [0.1, 0.15) is 10.0 Å². The van der Waals surface area contributed by atoms with Crippen molar-refractivity contribution in [3.8, 4) is 0 Å². The number of nitrogens with zero attached hydrogens (tertiary/aromatic N) is 2. The fourth-order valence-corrected chi connectivity index (χ4v) is 1.78. The molecular weight excluding hydrogens is 170 g/mol. The van der Waals surface area contributed by atoms with E-state index in [1.807, 2.05) is 0 Å². The Balaban J connectivity index is 2.52. The van der Waals surface area contributed by atoms with Gasteiger partial charge in [0.25, 0.3) is 0 Å². The number of rotatable bonds is 4. The summed E-state index contributed by atoms with van der Waals surface area (Å²) < 4.78 is 0. The molecule has 1 aromatic heterocycles. The second-order valence-corrected chi connectivity index (χ2v) is 4.16. The second kappa shape index (κ2) is 4.52. The minimum atomic E-state index is 0.512. The highest BCUT2D eigenvalue weighted by molar-refractivity contribution is 7.11. The molecule has 1 unspecified atom stereocenters. The monoisotopic (exact) mass is 185 g/mol. The number of hydrogen-bond donors (Lipinski definition) is 1. The Morgan fingerprint density at radius 3 is 2.58 bits per heavy atom. The molecule has 1 atom stereocenters. The predicted octanol–water partition coefficient (Wildman–Crippen LogP) is 1.59. The van der Waals surface area contributed by atoms with Crippen molar-refractivity contribution in [3.05, 3.63) is 10.0 Å². The summed E-state index contributed by atoms with van der Waals surface area (Å²) >= 11 is 1.63. The zero-order valence-electron chi connectivity index (χ0n) is 7.58. The normalized spacial score (nSPS) is 13.2. The molecule has 0 aliphatic heterocycles. The summed E-state index contributed by atoms with van der Waals surface area (Å²) in [6.45, 7) is 4.93. The maximum Gasteiger partial charge on any atom is 0.131 e. The van der Waals surface area contributed by atoms with Crippen LogP contribution in [0.4, 0.5) is 0 Å². The van der Waals surface area contributed by atoms with Gasteiger partial charge in [-0.3, -0.25) is 0 Å². The lowest BCUT2D eigenvalue weighted by Crippen LogP contribution is -1.96. The van der Waals surface area contributed by atoms with Crippen molar-refractivity contribution in [2.75, 3.05) is 0 Å². The summed E-state index contributed by atoms with van der Waals surface area (Å²) in [6.07, 6.45) is 2.23. The highest BCUT2D eigenvalue weighted by Crippen LogP contribution is 2.15.